The molecule has 16 heavy (non-hydrogen) atoms. The Balaban J connectivity index is 1.85. The van der Waals surface area contributed by atoms with E-state index in [1.807, 2.05) is 35.3 Å². The topological polar surface area (TPSA) is 44.2 Å². The van der Waals surface area contributed by atoms with Crippen LogP contribution in [0.1, 0.15) is 11.3 Å². The predicted molar refractivity (Wildman–Crippen MR) is 60.5 cm³/mol. The van der Waals surface area contributed by atoms with Crippen molar-refractivity contribution in [1.82, 2.24) is 9.19 Å². The fourth-order valence-electron chi connectivity index (χ4n) is 1.44. The molecular formula is C11H8N2O2Se. The number of aromatic nitrogens is 2. The van der Waals surface area contributed by atoms with E-state index in [9.17, 15) is 0 Å². The Bertz CT molecular complexity index is 523. The third-order valence-electron chi connectivity index (χ3n) is 2.22. The Morgan fingerprint density at radius 3 is 3.00 bits per heavy atom. The standard InChI is InChI=1S/C11H8N2O2Se/c1(3-9-6-16-13-12-9)8-2-4-10-11(5-8)15-7-14-10/h1-6H,7H2/b3-1+. The summed E-state index contributed by atoms with van der Waals surface area (Å²) >= 11 is 0.189. The Hall–Kier alpha value is -1.58. The van der Waals surface area contributed by atoms with Gasteiger partial charge in [0.1, 0.15) is 0 Å². The van der Waals surface area contributed by atoms with Crippen molar-refractivity contribution in [3.63, 3.8) is 0 Å². The molecule has 0 saturated carbocycles. The van der Waals surface area contributed by atoms with Crippen LogP contribution >= 0.6 is 0 Å². The maximum absolute atomic E-state index is 5.30. The van der Waals surface area contributed by atoms with Gasteiger partial charge in [0.05, 0.1) is 0 Å². The molecule has 1 aromatic heterocycles. The summed E-state index contributed by atoms with van der Waals surface area (Å²) in [5, 5.41) is 3.99. The van der Waals surface area contributed by atoms with Crippen LogP contribution in [0.5, 0.6) is 11.5 Å². The van der Waals surface area contributed by atoms with Gasteiger partial charge in [0.15, 0.2) is 0 Å². The zero-order valence-corrected chi connectivity index (χ0v) is 10.0. The SMILES string of the molecule is C(=C\c1c[se]nn1)/c1ccc2c(c1)OCO2. The summed E-state index contributed by atoms with van der Waals surface area (Å²) in [5.41, 5.74) is 2.00. The zero-order chi connectivity index (χ0) is 10.8. The molecule has 0 spiro atoms. The van der Waals surface area contributed by atoms with Crippen molar-refractivity contribution < 1.29 is 9.47 Å². The first-order valence-corrected chi connectivity index (χ1v) is 6.52. The first-order valence-electron chi connectivity index (χ1n) is 4.76. The van der Waals surface area contributed by atoms with Gasteiger partial charge < -0.3 is 0 Å². The van der Waals surface area contributed by atoms with E-state index in [1.165, 1.54) is 0 Å². The van der Waals surface area contributed by atoms with Crippen LogP contribution in [0.3, 0.4) is 0 Å². The molecule has 3 rings (SSSR count). The third kappa shape index (κ3) is 1.87. The van der Waals surface area contributed by atoms with E-state index in [0.717, 1.165) is 22.8 Å². The summed E-state index contributed by atoms with van der Waals surface area (Å²) in [5.74, 6) is 1.61. The van der Waals surface area contributed by atoms with Gasteiger partial charge in [-0.15, -0.1) is 0 Å². The molecule has 5 heteroatoms. The summed E-state index contributed by atoms with van der Waals surface area (Å²) in [6.07, 6.45) is 3.95. The van der Waals surface area contributed by atoms with E-state index in [1.54, 1.807) is 0 Å². The van der Waals surface area contributed by atoms with E-state index in [4.69, 9.17) is 9.47 Å². The van der Waals surface area contributed by atoms with Crippen LogP contribution in [0.2, 0.25) is 0 Å². The molecule has 0 saturated heterocycles. The van der Waals surface area contributed by atoms with Crippen LogP contribution in [-0.4, -0.2) is 30.7 Å². The van der Waals surface area contributed by atoms with Gasteiger partial charge in [-0.05, 0) is 0 Å². The van der Waals surface area contributed by atoms with Crippen LogP contribution in [-0.2, 0) is 0 Å². The summed E-state index contributed by atoms with van der Waals surface area (Å²) in [7, 11) is 0. The minimum absolute atomic E-state index is 0.189. The van der Waals surface area contributed by atoms with Crippen molar-refractivity contribution in [1.29, 1.82) is 0 Å². The number of hydrogen-bond acceptors (Lipinski definition) is 4. The van der Waals surface area contributed by atoms with Crippen molar-refractivity contribution >= 4 is 26.9 Å². The van der Waals surface area contributed by atoms with Gasteiger partial charge in [0.25, 0.3) is 0 Å². The van der Waals surface area contributed by atoms with E-state index >= 15 is 0 Å². The molecule has 2 aromatic rings. The monoisotopic (exact) mass is 280 g/mol. The second-order valence-electron chi connectivity index (χ2n) is 3.28. The average molecular weight is 279 g/mol. The summed E-state index contributed by atoms with van der Waals surface area (Å²) in [6.45, 7) is 0.310. The number of benzene rings is 1. The van der Waals surface area contributed by atoms with Gasteiger partial charge >= 0.3 is 98.2 Å². The Kier molecular flexibility index (Phi) is 2.48. The van der Waals surface area contributed by atoms with Gasteiger partial charge in [-0.1, -0.05) is 0 Å². The van der Waals surface area contributed by atoms with E-state index in [0.29, 0.717) is 6.79 Å². The number of ether oxygens (including phenoxy) is 2. The molecule has 0 fully saturated rings. The number of fused-ring (bicyclic) bond motifs is 1. The predicted octanol–water partition coefficient (Wildman–Crippen LogP) is 1.43. The normalized spacial score (nSPS) is 13.5. The van der Waals surface area contributed by atoms with Gasteiger partial charge in [-0.3, -0.25) is 0 Å². The first-order chi connectivity index (χ1) is 7.92. The second-order valence-corrected chi connectivity index (χ2v) is 4.56. The number of hydrogen-bond donors (Lipinski definition) is 0. The molecule has 80 valence electrons. The molecular weight excluding hydrogens is 271 g/mol. The number of rotatable bonds is 2. The molecule has 0 amide bonds. The fourth-order valence-corrected chi connectivity index (χ4v) is 2.33. The average Bonchev–Trinajstić information content (AvgIpc) is 2.97. The molecule has 0 atom stereocenters. The van der Waals surface area contributed by atoms with Crippen molar-refractivity contribution in [2.24, 2.45) is 0 Å². The van der Waals surface area contributed by atoms with Gasteiger partial charge in [-0.25, -0.2) is 0 Å². The summed E-state index contributed by atoms with van der Waals surface area (Å²) in [4.78, 5) is 2.04. The van der Waals surface area contributed by atoms with Crippen LogP contribution in [0.25, 0.3) is 12.2 Å². The quantitative estimate of drug-likeness (QED) is 0.780. The Labute approximate surface area is 98.5 Å². The van der Waals surface area contributed by atoms with Crippen LogP contribution in [0.15, 0.2) is 23.1 Å². The Morgan fingerprint density at radius 1 is 1.19 bits per heavy atom. The molecule has 2 heterocycles. The molecule has 4 nitrogen and oxygen atoms in total. The van der Waals surface area contributed by atoms with Crippen LogP contribution < -0.4 is 9.47 Å². The second kappa shape index (κ2) is 4.12. The van der Waals surface area contributed by atoms with Crippen LogP contribution in [0, 0.1) is 0 Å². The summed E-state index contributed by atoms with van der Waals surface area (Å²) < 4.78 is 14.5. The summed E-state index contributed by atoms with van der Waals surface area (Å²) in [6, 6.07) is 5.86. The van der Waals surface area contributed by atoms with Gasteiger partial charge in [0, 0.05) is 0 Å². The third-order valence-corrected chi connectivity index (χ3v) is 3.32. The zero-order valence-electron chi connectivity index (χ0n) is 8.29. The van der Waals surface area contributed by atoms with Crippen molar-refractivity contribution in [3.8, 4) is 11.5 Å². The molecule has 0 N–H and O–H groups in total. The number of nitrogens with zero attached hydrogens (tertiary/aromatic N) is 2. The first kappa shape index (κ1) is 9.63. The van der Waals surface area contributed by atoms with E-state index in [-0.39, 0.29) is 14.7 Å². The molecule has 0 unspecified atom stereocenters. The molecule has 0 bridgehead atoms. The van der Waals surface area contributed by atoms with Crippen LogP contribution in [0.4, 0.5) is 0 Å². The molecule has 1 aliphatic heterocycles. The van der Waals surface area contributed by atoms with Gasteiger partial charge in [0.2, 0.25) is 0 Å². The molecule has 1 aliphatic rings. The van der Waals surface area contributed by atoms with Crippen molar-refractivity contribution in [2.45, 2.75) is 0 Å². The molecule has 0 radical (unpaired) electrons. The van der Waals surface area contributed by atoms with E-state index in [2.05, 4.69) is 9.19 Å². The minimum atomic E-state index is 0.189. The molecule has 1 aromatic carbocycles. The Morgan fingerprint density at radius 2 is 2.12 bits per heavy atom. The van der Waals surface area contributed by atoms with Gasteiger partial charge in [-0.2, -0.15) is 0 Å². The van der Waals surface area contributed by atoms with Crippen molar-refractivity contribution in [2.75, 3.05) is 6.79 Å². The van der Waals surface area contributed by atoms with E-state index < -0.39 is 0 Å². The maximum atomic E-state index is 5.30. The molecule has 0 aliphatic carbocycles. The van der Waals surface area contributed by atoms with Crippen molar-refractivity contribution in [3.05, 3.63) is 34.4 Å². The fraction of sp³-hybridized carbons (Fsp3) is 0.0909.